The molecule has 0 bridgehead atoms. The SMILES string of the molecule is CC(CCNC(C)c1nnc2ccccn12)c1ccccc1. The number of fused-ring (bicyclic) bond motifs is 1. The molecule has 22 heavy (non-hydrogen) atoms. The first kappa shape index (κ1) is 14.7. The molecule has 3 aromatic rings. The molecule has 0 aliphatic carbocycles. The highest BCUT2D eigenvalue weighted by Gasteiger charge is 2.13. The lowest BCUT2D eigenvalue weighted by atomic mass is 9.98. The molecule has 0 amide bonds. The molecule has 2 atom stereocenters. The minimum atomic E-state index is 0.181. The van der Waals surface area contributed by atoms with E-state index in [1.165, 1.54) is 5.56 Å². The molecule has 0 aliphatic rings. The zero-order chi connectivity index (χ0) is 15.4. The molecule has 1 aromatic carbocycles. The fourth-order valence-corrected chi connectivity index (χ4v) is 2.71. The molecule has 0 aliphatic heterocycles. The third-order valence-corrected chi connectivity index (χ3v) is 4.12. The molecule has 0 radical (unpaired) electrons. The van der Waals surface area contributed by atoms with Gasteiger partial charge in [0, 0.05) is 6.20 Å². The lowest BCUT2D eigenvalue weighted by molar-refractivity contribution is 0.510. The quantitative estimate of drug-likeness (QED) is 0.755. The molecule has 1 N–H and O–H groups in total. The van der Waals surface area contributed by atoms with Crippen LogP contribution in [0.1, 0.15) is 43.6 Å². The van der Waals surface area contributed by atoms with Crippen LogP contribution in [0.15, 0.2) is 54.7 Å². The molecule has 0 saturated carbocycles. The van der Waals surface area contributed by atoms with Gasteiger partial charge in [-0.15, -0.1) is 10.2 Å². The predicted octanol–water partition coefficient (Wildman–Crippen LogP) is 3.57. The second-order valence-electron chi connectivity index (χ2n) is 5.76. The van der Waals surface area contributed by atoms with Crippen molar-refractivity contribution in [2.75, 3.05) is 6.54 Å². The summed E-state index contributed by atoms with van der Waals surface area (Å²) in [4.78, 5) is 0. The van der Waals surface area contributed by atoms with Gasteiger partial charge in [-0.2, -0.15) is 0 Å². The van der Waals surface area contributed by atoms with Crippen molar-refractivity contribution in [3.05, 3.63) is 66.1 Å². The van der Waals surface area contributed by atoms with Crippen LogP contribution in [0.5, 0.6) is 0 Å². The lowest BCUT2D eigenvalue weighted by Crippen LogP contribution is -2.23. The van der Waals surface area contributed by atoms with E-state index in [-0.39, 0.29) is 6.04 Å². The molecular weight excluding hydrogens is 272 g/mol. The normalized spacial score (nSPS) is 14.1. The molecule has 114 valence electrons. The minimum absolute atomic E-state index is 0.181. The molecule has 2 unspecified atom stereocenters. The van der Waals surface area contributed by atoms with Gasteiger partial charge in [0.2, 0.25) is 0 Å². The Morgan fingerprint density at radius 1 is 1.00 bits per heavy atom. The fraction of sp³-hybridized carbons (Fsp3) is 0.333. The number of nitrogens with zero attached hydrogens (tertiary/aromatic N) is 3. The third-order valence-electron chi connectivity index (χ3n) is 4.12. The molecule has 2 aromatic heterocycles. The highest BCUT2D eigenvalue weighted by Crippen LogP contribution is 2.18. The van der Waals surface area contributed by atoms with E-state index >= 15 is 0 Å². The Labute approximate surface area is 131 Å². The summed E-state index contributed by atoms with van der Waals surface area (Å²) >= 11 is 0. The van der Waals surface area contributed by atoms with Crippen LogP contribution in [-0.2, 0) is 0 Å². The van der Waals surface area contributed by atoms with E-state index in [4.69, 9.17) is 0 Å². The first-order valence-corrected chi connectivity index (χ1v) is 7.83. The number of benzene rings is 1. The summed E-state index contributed by atoms with van der Waals surface area (Å²) in [5.41, 5.74) is 2.29. The van der Waals surface area contributed by atoms with Gasteiger partial charge in [-0.25, -0.2) is 0 Å². The van der Waals surface area contributed by atoms with Crippen molar-refractivity contribution in [2.24, 2.45) is 0 Å². The van der Waals surface area contributed by atoms with Crippen molar-refractivity contribution in [2.45, 2.75) is 32.2 Å². The maximum Gasteiger partial charge on any atom is 0.160 e. The summed E-state index contributed by atoms with van der Waals surface area (Å²) in [6.07, 6.45) is 3.11. The Morgan fingerprint density at radius 2 is 1.77 bits per heavy atom. The summed E-state index contributed by atoms with van der Waals surface area (Å²) in [7, 11) is 0. The van der Waals surface area contributed by atoms with E-state index < -0.39 is 0 Å². The van der Waals surface area contributed by atoms with Crippen molar-refractivity contribution >= 4 is 5.65 Å². The summed E-state index contributed by atoms with van der Waals surface area (Å²) in [6, 6.07) is 16.8. The maximum absolute atomic E-state index is 4.30. The Kier molecular flexibility index (Phi) is 4.49. The zero-order valence-electron chi connectivity index (χ0n) is 13.1. The Morgan fingerprint density at radius 3 is 2.59 bits per heavy atom. The first-order chi connectivity index (χ1) is 10.8. The van der Waals surface area contributed by atoms with Crippen LogP contribution >= 0.6 is 0 Å². The number of pyridine rings is 1. The summed E-state index contributed by atoms with van der Waals surface area (Å²) < 4.78 is 2.04. The van der Waals surface area contributed by atoms with E-state index in [2.05, 4.69) is 59.7 Å². The number of nitrogens with one attached hydrogen (secondary N) is 1. The van der Waals surface area contributed by atoms with Gasteiger partial charge in [0.25, 0.3) is 0 Å². The zero-order valence-corrected chi connectivity index (χ0v) is 13.1. The van der Waals surface area contributed by atoms with Crippen LogP contribution < -0.4 is 5.32 Å². The van der Waals surface area contributed by atoms with E-state index in [0.29, 0.717) is 5.92 Å². The van der Waals surface area contributed by atoms with Gasteiger partial charge in [-0.1, -0.05) is 43.3 Å². The fourth-order valence-electron chi connectivity index (χ4n) is 2.71. The molecular formula is C18H22N4. The van der Waals surface area contributed by atoms with E-state index in [1.807, 2.05) is 28.8 Å². The number of hydrogen-bond donors (Lipinski definition) is 1. The third kappa shape index (κ3) is 3.17. The van der Waals surface area contributed by atoms with Gasteiger partial charge in [-0.05, 0) is 43.5 Å². The second-order valence-corrected chi connectivity index (χ2v) is 5.76. The molecule has 0 spiro atoms. The van der Waals surface area contributed by atoms with E-state index in [0.717, 1.165) is 24.4 Å². The summed E-state index contributed by atoms with van der Waals surface area (Å²) in [5.74, 6) is 1.51. The highest BCUT2D eigenvalue weighted by molar-refractivity contribution is 5.37. The van der Waals surface area contributed by atoms with Gasteiger partial charge >= 0.3 is 0 Å². The standard InChI is InChI=1S/C18H22N4/c1-14(16-8-4-3-5-9-16)11-12-19-15(2)18-21-20-17-10-6-7-13-22(17)18/h3-10,13-15,19H,11-12H2,1-2H3. The lowest BCUT2D eigenvalue weighted by Gasteiger charge is -2.15. The van der Waals surface area contributed by atoms with Crippen LogP contribution in [0, 0.1) is 0 Å². The molecule has 4 nitrogen and oxygen atoms in total. The van der Waals surface area contributed by atoms with E-state index in [1.54, 1.807) is 0 Å². The molecule has 3 rings (SSSR count). The smallest absolute Gasteiger partial charge is 0.160 e. The van der Waals surface area contributed by atoms with Gasteiger partial charge in [0.1, 0.15) is 0 Å². The predicted molar refractivity (Wildman–Crippen MR) is 88.9 cm³/mol. The average Bonchev–Trinajstić information content (AvgIpc) is 2.99. The van der Waals surface area contributed by atoms with Crippen molar-refractivity contribution in [3.63, 3.8) is 0 Å². The maximum atomic E-state index is 4.30. The Balaban J connectivity index is 1.57. The molecule has 0 saturated heterocycles. The molecule has 0 fully saturated rings. The van der Waals surface area contributed by atoms with Crippen molar-refractivity contribution in [1.82, 2.24) is 19.9 Å². The summed E-state index contributed by atoms with van der Waals surface area (Å²) in [6.45, 7) is 5.36. The first-order valence-electron chi connectivity index (χ1n) is 7.83. The highest BCUT2D eigenvalue weighted by atomic mass is 15.3. The molecule has 2 heterocycles. The van der Waals surface area contributed by atoms with Crippen LogP contribution in [-0.4, -0.2) is 21.1 Å². The second kappa shape index (κ2) is 6.71. The Hall–Kier alpha value is -2.20. The minimum Gasteiger partial charge on any atom is -0.307 e. The van der Waals surface area contributed by atoms with Crippen LogP contribution in [0.4, 0.5) is 0 Å². The van der Waals surface area contributed by atoms with Crippen LogP contribution in [0.25, 0.3) is 5.65 Å². The number of aromatic nitrogens is 3. The largest absolute Gasteiger partial charge is 0.307 e. The van der Waals surface area contributed by atoms with Crippen molar-refractivity contribution in [1.29, 1.82) is 0 Å². The number of hydrogen-bond acceptors (Lipinski definition) is 3. The van der Waals surface area contributed by atoms with Gasteiger partial charge in [-0.3, -0.25) is 4.40 Å². The van der Waals surface area contributed by atoms with Gasteiger partial charge in [0.05, 0.1) is 6.04 Å². The average molecular weight is 294 g/mol. The van der Waals surface area contributed by atoms with Crippen molar-refractivity contribution < 1.29 is 0 Å². The Bertz CT molecular complexity index is 720. The van der Waals surface area contributed by atoms with Crippen LogP contribution in [0.2, 0.25) is 0 Å². The number of rotatable bonds is 6. The molecule has 4 heteroatoms. The topological polar surface area (TPSA) is 42.2 Å². The monoisotopic (exact) mass is 294 g/mol. The van der Waals surface area contributed by atoms with Crippen molar-refractivity contribution in [3.8, 4) is 0 Å². The van der Waals surface area contributed by atoms with Gasteiger partial charge < -0.3 is 5.32 Å². The van der Waals surface area contributed by atoms with Crippen LogP contribution in [0.3, 0.4) is 0 Å². The van der Waals surface area contributed by atoms with E-state index in [9.17, 15) is 0 Å². The summed E-state index contributed by atoms with van der Waals surface area (Å²) in [5, 5.41) is 12.1. The van der Waals surface area contributed by atoms with Gasteiger partial charge in [0.15, 0.2) is 11.5 Å².